The van der Waals surface area contributed by atoms with Crippen LogP contribution in [-0.2, 0) is 4.79 Å². The van der Waals surface area contributed by atoms with Crippen molar-refractivity contribution in [2.24, 2.45) is 5.92 Å². The molecule has 2 rings (SSSR count). The molecule has 0 radical (unpaired) electrons. The van der Waals surface area contributed by atoms with Gasteiger partial charge in [-0.15, -0.1) is 6.58 Å². The number of aryl methyl sites for hydroxylation is 1. The van der Waals surface area contributed by atoms with Gasteiger partial charge in [-0.2, -0.15) is 0 Å². The predicted octanol–water partition coefficient (Wildman–Crippen LogP) is 2.23. The maximum absolute atomic E-state index is 11.8. The highest BCUT2D eigenvalue weighted by Crippen LogP contribution is 2.27. The van der Waals surface area contributed by atoms with Crippen LogP contribution in [-0.4, -0.2) is 23.5 Å². The summed E-state index contributed by atoms with van der Waals surface area (Å²) in [5, 5.41) is 9.08. The van der Waals surface area contributed by atoms with Gasteiger partial charge in [0.05, 0.1) is 5.56 Å². The van der Waals surface area contributed by atoms with Gasteiger partial charge in [0, 0.05) is 24.6 Å². The van der Waals surface area contributed by atoms with Gasteiger partial charge in [-0.25, -0.2) is 4.79 Å². The molecule has 0 spiro atoms. The smallest absolute Gasteiger partial charge is 0.336 e. The SMILES string of the molecule is C=CC1CC(=O)N(c2ccc(C)c(C(=O)O)c2)C1. The third-order valence-corrected chi connectivity index (χ3v) is 3.25. The Hall–Kier alpha value is -2.10. The second-order valence-electron chi connectivity index (χ2n) is 4.51. The quantitative estimate of drug-likeness (QED) is 0.831. The van der Waals surface area contributed by atoms with Crippen molar-refractivity contribution in [3.63, 3.8) is 0 Å². The fourth-order valence-corrected chi connectivity index (χ4v) is 2.15. The number of amides is 1. The van der Waals surface area contributed by atoms with Gasteiger partial charge < -0.3 is 10.0 Å². The molecule has 0 saturated carbocycles. The van der Waals surface area contributed by atoms with Crippen LogP contribution in [0.5, 0.6) is 0 Å². The molecule has 18 heavy (non-hydrogen) atoms. The van der Waals surface area contributed by atoms with Crippen LogP contribution in [0.4, 0.5) is 5.69 Å². The zero-order valence-corrected chi connectivity index (χ0v) is 10.2. The monoisotopic (exact) mass is 245 g/mol. The van der Waals surface area contributed by atoms with Crippen molar-refractivity contribution >= 4 is 17.6 Å². The number of aromatic carboxylic acids is 1. The molecule has 4 heteroatoms. The third kappa shape index (κ3) is 2.14. The molecule has 0 aliphatic carbocycles. The highest BCUT2D eigenvalue weighted by molar-refractivity contribution is 5.98. The number of carboxylic acids is 1. The van der Waals surface area contributed by atoms with E-state index in [2.05, 4.69) is 6.58 Å². The molecule has 0 bridgehead atoms. The average molecular weight is 245 g/mol. The lowest BCUT2D eigenvalue weighted by molar-refractivity contribution is -0.117. The molecule has 1 heterocycles. The second-order valence-corrected chi connectivity index (χ2v) is 4.51. The van der Waals surface area contributed by atoms with E-state index in [0.717, 1.165) is 0 Å². The van der Waals surface area contributed by atoms with E-state index >= 15 is 0 Å². The molecule has 1 unspecified atom stereocenters. The predicted molar refractivity (Wildman–Crippen MR) is 68.8 cm³/mol. The summed E-state index contributed by atoms with van der Waals surface area (Å²) in [6.07, 6.45) is 2.21. The molecule has 1 fully saturated rings. The van der Waals surface area contributed by atoms with Crippen LogP contribution in [0.3, 0.4) is 0 Å². The van der Waals surface area contributed by atoms with E-state index in [9.17, 15) is 9.59 Å². The Kier molecular flexibility index (Phi) is 3.19. The summed E-state index contributed by atoms with van der Waals surface area (Å²) in [6, 6.07) is 5.07. The summed E-state index contributed by atoms with van der Waals surface area (Å²) in [5.74, 6) is -0.812. The molecule has 4 nitrogen and oxygen atoms in total. The number of carbonyl (C=O) groups is 2. The van der Waals surface area contributed by atoms with Gasteiger partial charge in [0.15, 0.2) is 0 Å². The lowest BCUT2D eigenvalue weighted by Gasteiger charge is -2.17. The second kappa shape index (κ2) is 4.64. The zero-order valence-electron chi connectivity index (χ0n) is 10.2. The molecular formula is C14H15NO3. The lowest BCUT2D eigenvalue weighted by atomic mass is 10.1. The Labute approximate surface area is 106 Å². The maximum Gasteiger partial charge on any atom is 0.336 e. The van der Waals surface area contributed by atoms with Gasteiger partial charge in [-0.1, -0.05) is 12.1 Å². The van der Waals surface area contributed by atoms with E-state index in [-0.39, 0.29) is 17.4 Å². The summed E-state index contributed by atoms with van der Waals surface area (Å²) in [5.41, 5.74) is 1.58. The summed E-state index contributed by atoms with van der Waals surface area (Å²) in [6.45, 7) is 6.01. The number of nitrogens with zero attached hydrogens (tertiary/aromatic N) is 1. The maximum atomic E-state index is 11.8. The fourth-order valence-electron chi connectivity index (χ4n) is 2.15. The van der Waals surface area contributed by atoms with Crippen molar-refractivity contribution in [1.29, 1.82) is 0 Å². The first-order chi connectivity index (χ1) is 8.52. The molecule has 1 N–H and O–H groups in total. The molecule has 1 saturated heterocycles. The number of benzene rings is 1. The minimum absolute atomic E-state index is 0.0140. The summed E-state index contributed by atoms with van der Waals surface area (Å²) in [4.78, 5) is 24.5. The Morgan fingerprint density at radius 3 is 2.83 bits per heavy atom. The highest BCUT2D eigenvalue weighted by atomic mass is 16.4. The summed E-state index contributed by atoms with van der Waals surface area (Å²) >= 11 is 0. The van der Waals surface area contributed by atoms with Crippen LogP contribution in [0.25, 0.3) is 0 Å². The molecule has 0 aromatic heterocycles. The third-order valence-electron chi connectivity index (χ3n) is 3.25. The van der Waals surface area contributed by atoms with E-state index in [1.54, 1.807) is 36.1 Å². The van der Waals surface area contributed by atoms with Gasteiger partial charge in [0.25, 0.3) is 0 Å². The topological polar surface area (TPSA) is 57.6 Å². The van der Waals surface area contributed by atoms with Crippen LogP contribution in [0.15, 0.2) is 30.9 Å². The van der Waals surface area contributed by atoms with Crippen LogP contribution in [0, 0.1) is 12.8 Å². The molecule has 1 aromatic carbocycles. The largest absolute Gasteiger partial charge is 0.478 e. The Bertz CT molecular complexity index is 522. The van der Waals surface area contributed by atoms with Crippen molar-refractivity contribution in [3.8, 4) is 0 Å². The van der Waals surface area contributed by atoms with Crippen molar-refractivity contribution in [2.75, 3.05) is 11.4 Å². The number of carbonyl (C=O) groups excluding carboxylic acids is 1. The normalized spacial score (nSPS) is 19.1. The molecule has 1 amide bonds. The van der Waals surface area contributed by atoms with E-state index in [4.69, 9.17) is 5.11 Å². The number of rotatable bonds is 3. The summed E-state index contributed by atoms with van der Waals surface area (Å²) in [7, 11) is 0. The Morgan fingerprint density at radius 1 is 1.56 bits per heavy atom. The standard InChI is InChI=1S/C14H15NO3/c1-3-10-6-13(16)15(8-10)11-5-4-9(2)12(7-11)14(17)18/h3-5,7,10H,1,6,8H2,2H3,(H,17,18). The number of carboxylic acid groups (broad SMARTS) is 1. The number of anilines is 1. The molecule has 1 aliphatic heterocycles. The van der Waals surface area contributed by atoms with Crippen LogP contribution >= 0.6 is 0 Å². The lowest BCUT2D eigenvalue weighted by Crippen LogP contribution is -2.24. The van der Waals surface area contributed by atoms with Crippen molar-refractivity contribution in [3.05, 3.63) is 42.0 Å². The first kappa shape index (κ1) is 12.4. The highest BCUT2D eigenvalue weighted by Gasteiger charge is 2.29. The molecule has 1 aromatic rings. The minimum atomic E-state index is -0.971. The van der Waals surface area contributed by atoms with Gasteiger partial charge in [0.1, 0.15) is 0 Å². The van der Waals surface area contributed by atoms with E-state index < -0.39 is 5.97 Å². The zero-order chi connectivity index (χ0) is 13.3. The molecule has 1 atom stereocenters. The van der Waals surface area contributed by atoms with E-state index in [1.165, 1.54) is 0 Å². The number of hydrogen-bond acceptors (Lipinski definition) is 2. The first-order valence-corrected chi connectivity index (χ1v) is 5.79. The van der Waals surface area contributed by atoms with Crippen molar-refractivity contribution < 1.29 is 14.7 Å². The van der Waals surface area contributed by atoms with E-state index in [0.29, 0.717) is 24.2 Å². The molecular weight excluding hydrogens is 230 g/mol. The van der Waals surface area contributed by atoms with Crippen LogP contribution in [0.2, 0.25) is 0 Å². The van der Waals surface area contributed by atoms with Crippen molar-refractivity contribution in [1.82, 2.24) is 0 Å². The molecule has 1 aliphatic rings. The van der Waals surface area contributed by atoms with Crippen LogP contribution < -0.4 is 4.90 Å². The van der Waals surface area contributed by atoms with Crippen molar-refractivity contribution in [2.45, 2.75) is 13.3 Å². The van der Waals surface area contributed by atoms with Gasteiger partial charge >= 0.3 is 5.97 Å². The van der Waals surface area contributed by atoms with Gasteiger partial charge in [-0.05, 0) is 24.6 Å². The first-order valence-electron chi connectivity index (χ1n) is 5.79. The van der Waals surface area contributed by atoms with E-state index in [1.807, 2.05) is 0 Å². The number of hydrogen-bond donors (Lipinski definition) is 1. The minimum Gasteiger partial charge on any atom is -0.478 e. The Morgan fingerprint density at radius 2 is 2.28 bits per heavy atom. The van der Waals surface area contributed by atoms with Gasteiger partial charge in [-0.3, -0.25) is 4.79 Å². The van der Waals surface area contributed by atoms with Gasteiger partial charge in [0.2, 0.25) is 5.91 Å². The summed E-state index contributed by atoms with van der Waals surface area (Å²) < 4.78 is 0. The Balaban J connectivity index is 2.35. The average Bonchev–Trinajstić information content (AvgIpc) is 2.71. The fraction of sp³-hybridized carbons (Fsp3) is 0.286. The molecule has 94 valence electrons. The van der Waals surface area contributed by atoms with Crippen LogP contribution in [0.1, 0.15) is 22.3 Å².